The van der Waals surface area contributed by atoms with Crippen molar-refractivity contribution < 1.29 is 0 Å². The molecule has 0 aliphatic heterocycles. The van der Waals surface area contributed by atoms with Crippen LogP contribution in [0, 0.1) is 11.3 Å². The highest BCUT2D eigenvalue weighted by molar-refractivity contribution is 7.57. The minimum absolute atomic E-state index is 0.422. The fourth-order valence-corrected chi connectivity index (χ4v) is 4.44. The zero-order valence-corrected chi connectivity index (χ0v) is 12.9. The minimum atomic E-state index is 0.422. The summed E-state index contributed by atoms with van der Waals surface area (Å²) in [6, 6.07) is 1.69. The summed E-state index contributed by atoms with van der Waals surface area (Å²) in [6.45, 7) is 10.1. The standard InChI is InChI=1S/C12H27P.C3H3N/c1-4-7-10-13(11-8-5-2)12-9-6-3;1-2-3-4/h4-12H2,1-3H3;2H,1H2. The molecule has 2 heteroatoms. The first-order valence-electron chi connectivity index (χ1n) is 6.99. The first-order chi connectivity index (χ1) is 8.26. The van der Waals surface area contributed by atoms with E-state index in [0.29, 0.717) is 7.92 Å². The van der Waals surface area contributed by atoms with Gasteiger partial charge in [0.2, 0.25) is 0 Å². The maximum atomic E-state index is 7.51. The summed E-state index contributed by atoms with van der Waals surface area (Å²) in [7, 11) is 0.422. The van der Waals surface area contributed by atoms with E-state index < -0.39 is 0 Å². The second-order valence-electron chi connectivity index (χ2n) is 4.24. The maximum absolute atomic E-state index is 7.51. The van der Waals surface area contributed by atoms with Crippen LogP contribution in [0.1, 0.15) is 59.3 Å². The number of nitriles is 1. The van der Waals surface area contributed by atoms with Gasteiger partial charge in [-0.3, -0.25) is 0 Å². The zero-order chi connectivity index (χ0) is 13.4. The lowest BCUT2D eigenvalue weighted by Crippen LogP contribution is -1.95. The Kier molecular flexibility index (Phi) is 20.2. The fraction of sp³-hybridized carbons (Fsp3) is 0.800. The average Bonchev–Trinajstić information content (AvgIpc) is 2.38. The van der Waals surface area contributed by atoms with Crippen LogP contribution in [0.5, 0.6) is 0 Å². The Bertz CT molecular complexity index is 165. The van der Waals surface area contributed by atoms with Gasteiger partial charge >= 0.3 is 0 Å². The Hall–Kier alpha value is -0.340. The van der Waals surface area contributed by atoms with E-state index in [0.717, 1.165) is 0 Å². The Morgan fingerprint density at radius 2 is 1.24 bits per heavy atom. The highest BCUT2D eigenvalue weighted by Gasteiger charge is 2.05. The lowest BCUT2D eigenvalue weighted by molar-refractivity contribution is 0.847. The van der Waals surface area contributed by atoms with Gasteiger partial charge in [0.1, 0.15) is 0 Å². The van der Waals surface area contributed by atoms with Crippen LogP contribution in [0.3, 0.4) is 0 Å². The molecule has 0 N–H and O–H groups in total. The molecule has 0 saturated heterocycles. The molecule has 0 aromatic rings. The number of unbranched alkanes of at least 4 members (excludes halogenated alkanes) is 3. The van der Waals surface area contributed by atoms with Crippen molar-refractivity contribution in [2.75, 3.05) is 18.5 Å². The first-order valence-corrected chi connectivity index (χ1v) is 8.89. The number of allylic oxidation sites excluding steroid dienone is 1. The van der Waals surface area contributed by atoms with Gasteiger partial charge in [0.25, 0.3) is 0 Å². The quantitative estimate of drug-likeness (QED) is 0.390. The van der Waals surface area contributed by atoms with Crippen molar-refractivity contribution in [2.45, 2.75) is 59.3 Å². The van der Waals surface area contributed by atoms with Gasteiger partial charge in [0.05, 0.1) is 6.07 Å². The Morgan fingerprint density at radius 3 is 1.41 bits per heavy atom. The molecule has 0 unspecified atom stereocenters. The van der Waals surface area contributed by atoms with Gasteiger partial charge < -0.3 is 0 Å². The summed E-state index contributed by atoms with van der Waals surface area (Å²) in [5.74, 6) is 0. The van der Waals surface area contributed by atoms with Crippen molar-refractivity contribution in [3.63, 3.8) is 0 Å². The van der Waals surface area contributed by atoms with E-state index in [-0.39, 0.29) is 0 Å². The zero-order valence-electron chi connectivity index (χ0n) is 12.0. The van der Waals surface area contributed by atoms with Crippen LogP contribution in [-0.2, 0) is 0 Å². The third kappa shape index (κ3) is 18.2. The summed E-state index contributed by atoms with van der Waals surface area (Å²) < 4.78 is 0. The molecule has 0 radical (unpaired) electrons. The van der Waals surface area contributed by atoms with Crippen LogP contribution in [0.15, 0.2) is 12.7 Å². The van der Waals surface area contributed by atoms with E-state index in [4.69, 9.17) is 5.26 Å². The SMILES string of the molecule is C=CC#N.CCCCP(CCCC)CCCC. The van der Waals surface area contributed by atoms with Crippen LogP contribution in [0.2, 0.25) is 0 Å². The molecule has 0 aliphatic carbocycles. The molecule has 0 aromatic heterocycles. The third-order valence-electron chi connectivity index (χ3n) is 2.57. The van der Waals surface area contributed by atoms with Gasteiger partial charge in [0, 0.05) is 6.08 Å². The molecule has 0 atom stereocenters. The lowest BCUT2D eigenvalue weighted by Gasteiger charge is -2.16. The fourth-order valence-electron chi connectivity index (χ4n) is 1.48. The Morgan fingerprint density at radius 1 is 0.941 bits per heavy atom. The molecule has 17 heavy (non-hydrogen) atoms. The molecule has 0 fully saturated rings. The van der Waals surface area contributed by atoms with Gasteiger partial charge in [-0.05, 0) is 37.7 Å². The van der Waals surface area contributed by atoms with E-state index in [1.165, 1.54) is 44.6 Å². The van der Waals surface area contributed by atoms with Crippen LogP contribution < -0.4 is 0 Å². The van der Waals surface area contributed by atoms with Crippen molar-refractivity contribution in [2.24, 2.45) is 0 Å². The number of nitrogens with zero attached hydrogens (tertiary/aromatic N) is 1. The number of rotatable bonds is 9. The van der Waals surface area contributed by atoms with Gasteiger partial charge in [-0.25, -0.2) is 0 Å². The largest absolute Gasteiger partial charge is 0.193 e. The monoisotopic (exact) mass is 255 g/mol. The summed E-state index contributed by atoms with van der Waals surface area (Å²) in [6.07, 6.45) is 14.4. The van der Waals surface area contributed by atoms with Crippen molar-refractivity contribution >= 4 is 7.92 Å². The average molecular weight is 255 g/mol. The van der Waals surface area contributed by atoms with Crippen molar-refractivity contribution in [1.82, 2.24) is 0 Å². The molecule has 0 amide bonds. The van der Waals surface area contributed by atoms with Gasteiger partial charge in [0.15, 0.2) is 0 Å². The minimum Gasteiger partial charge on any atom is -0.193 e. The molecular formula is C15H30NP. The number of hydrogen-bond acceptors (Lipinski definition) is 1. The number of hydrogen-bond donors (Lipinski definition) is 0. The highest BCUT2D eigenvalue weighted by Crippen LogP contribution is 2.38. The molecule has 1 nitrogen and oxygen atoms in total. The summed E-state index contributed by atoms with van der Waals surface area (Å²) >= 11 is 0. The van der Waals surface area contributed by atoms with Gasteiger partial charge in [-0.2, -0.15) is 5.26 Å². The van der Waals surface area contributed by atoms with E-state index in [2.05, 4.69) is 27.4 Å². The van der Waals surface area contributed by atoms with Crippen molar-refractivity contribution in [1.29, 1.82) is 5.26 Å². The molecule has 0 bridgehead atoms. The molecule has 0 aliphatic rings. The van der Waals surface area contributed by atoms with Crippen LogP contribution >= 0.6 is 7.92 Å². The van der Waals surface area contributed by atoms with Crippen LogP contribution in [-0.4, -0.2) is 18.5 Å². The third-order valence-corrected chi connectivity index (χ3v) is 5.42. The van der Waals surface area contributed by atoms with Gasteiger partial charge in [-0.15, -0.1) is 7.92 Å². The Balaban J connectivity index is 0. The molecular weight excluding hydrogens is 225 g/mol. The highest BCUT2D eigenvalue weighted by atomic mass is 31.1. The second-order valence-corrected chi connectivity index (χ2v) is 6.92. The smallest absolute Gasteiger partial charge is 0.0905 e. The molecule has 0 heterocycles. The van der Waals surface area contributed by atoms with E-state index in [1.54, 1.807) is 24.6 Å². The summed E-state index contributed by atoms with van der Waals surface area (Å²) in [5, 5.41) is 7.51. The predicted molar refractivity (Wildman–Crippen MR) is 82.1 cm³/mol. The van der Waals surface area contributed by atoms with E-state index in [9.17, 15) is 0 Å². The molecule has 0 spiro atoms. The van der Waals surface area contributed by atoms with Crippen LogP contribution in [0.25, 0.3) is 0 Å². The normalized spacial score (nSPS) is 9.35. The molecule has 0 aromatic carbocycles. The topological polar surface area (TPSA) is 23.8 Å². The second kappa shape index (κ2) is 18.0. The maximum Gasteiger partial charge on any atom is 0.0905 e. The summed E-state index contributed by atoms with van der Waals surface area (Å²) in [5.41, 5.74) is 0. The predicted octanol–water partition coefficient (Wildman–Crippen LogP) is 5.56. The van der Waals surface area contributed by atoms with Crippen molar-refractivity contribution in [3.8, 4) is 6.07 Å². The van der Waals surface area contributed by atoms with Gasteiger partial charge in [-0.1, -0.05) is 46.6 Å². The molecule has 0 rings (SSSR count). The van der Waals surface area contributed by atoms with E-state index in [1.807, 2.05) is 0 Å². The lowest BCUT2D eigenvalue weighted by atomic mass is 10.4. The Labute approximate surface area is 110 Å². The molecule has 100 valence electrons. The van der Waals surface area contributed by atoms with E-state index >= 15 is 0 Å². The molecule has 0 saturated carbocycles. The first kappa shape index (κ1) is 19.0. The van der Waals surface area contributed by atoms with Crippen LogP contribution in [0.4, 0.5) is 0 Å². The van der Waals surface area contributed by atoms with Crippen molar-refractivity contribution in [3.05, 3.63) is 12.7 Å². The summed E-state index contributed by atoms with van der Waals surface area (Å²) in [4.78, 5) is 0.